The fraction of sp³-hybridized carbons (Fsp3) is 0.333. The number of hydrogen-bond donors (Lipinski definition) is 0. The van der Waals surface area contributed by atoms with E-state index in [2.05, 4.69) is 38.7 Å². The van der Waals surface area contributed by atoms with E-state index in [1.807, 2.05) is 60.7 Å². The first-order chi connectivity index (χ1) is 14.7. The van der Waals surface area contributed by atoms with Crippen molar-refractivity contribution in [2.75, 3.05) is 26.2 Å². The number of aryl methyl sites for hydroxylation is 1. The smallest absolute Gasteiger partial charge is 0.240 e. The minimum absolute atomic E-state index is 0.203. The number of aromatic nitrogens is 2. The third-order valence-corrected chi connectivity index (χ3v) is 6.76. The lowest BCUT2D eigenvalue weighted by Crippen LogP contribution is -2.37. The van der Waals surface area contributed by atoms with Crippen molar-refractivity contribution in [3.63, 3.8) is 0 Å². The van der Waals surface area contributed by atoms with Gasteiger partial charge in [0.1, 0.15) is 11.1 Å². The quantitative estimate of drug-likeness (QED) is 0.566. The number of carbonyl (C=O) groups is 1. The molecule has 0 aliphatic carbocycles. The summed E-state index contributed by atoms with van der Waals surface area (Å²) in [4.78, 5) is 23.6. The van der Waals surface area contributed by atoms with Crippen molar-refractivity contribution < 1.29 is 4.79 Å². The van der Waals surface area contributed by atoms with Gasteiger partial charge in [0, 0.05) is 50.5 Å². The van der Waals surface area contributed by atoms with E-state index in [0.717, 1.165) is 55.4 Å². The number of hydrogen-bond acceptors (Lipinski definition) is 4. The maximum Gasteiger partial charge on any atom is 0.240 e. The van der Waals surface area contributed by atoms with E-state index in [1.54, 1.807) is 11.8 Å². The van der Waals surface area contributed by atoms with E-state index in [0.29, 0.717) is 0 Å². The summed E-state index contributed by atoms with van der Waals surface area (Å²) in [7, 11) is 2.03. The topological polar surface area (TPSA) is 41.4 Å². The average molecular weight is 421 g/mol. The van der Waals surface area contributed by atoms with Crippen molar-refractivity contribution in [2.45, 2.75) is 23.1 Å². The van der Waals surface area contributed by atoms with E-state index in [-0.39, 0.29) is 11.2 Å². The van der Waals surface area contributed by atoms with Crippen LogP contribution in [0.15, 0.2) is 78.0 Å². The van der Waals surface area contributed by atoms with Gasteiger partial charge in [0.15, 0.2) is 0 Å². The molecule has 1 atom stereocenters. The summed E-state index contributed by atoms with van der Waals surface area (Å²) < 4.78 is 2.07. The highest BCUT2D eigenvalue weighted by Crippen LogP contribution is 2.36. The molecule has 0 N–H and O–H groups in total. The number of imidazole rings is 1. The molecular formula is C24H28N4OS. The van der Waals surface area contributed by atoms with Crippen LogP contribution < -0.4 is 0 Å². The van der Waals surface area contributed by atoms with Crippen molar-refractivity contribution in [1.82, 2.24) is 19.4 Å². The predicted molar refractivity (Wildman–Crippen MR) is 121 cm³/mol. The Labute approximate surface area is 182 Å². The Hall–Kier alpha value is -2.57. The zero-order valence-electron chi connectivity index (χ0n) is 17.4. The molecular weight excluding hydrogens is 392 g/mol. The molecule has 6 heteroatoms. The summed E-state index contributed by atoms with van der Waals surface area (Å²) >= 11 is 1.64. The molecule has 156 valence electrons. The van der Waals surface area contributed by atoms with Crippen LogP contribution in [0.4, 0.5) is 0 Å². The van der Waals surface area contributed by atoms with Gasteiger partial charge in [0.05, 0.1) is 6.54 Å². The zero-order chi connectivity index (χ0) is 20.8. The molecule has 2 aromatic carbocycles. The molecule has 1 amide bonds. The van der Waals surface area contributed by atoms with Gasteiger partial charge in [0.25, 0.3) is 0 Å². The van der Waals surface area contributed by atoms with Crippen LogP contribution in [0.5, 0.6) is 0 Å². The highest BCUT2D eigenvalue weighted by molar-refractivity contribution is 8.00. The van der Waals surface area contributed by atoms with Crippen LogP contribution in [0.1, 0.15) is 23.1 Å². The Morgan fingerprint density at radius 1 is 1.00 bits per heavy atom. The molecule has 0 bridgehead atoms. The molecule has 4 rings (SSSR count). The second-order valence-corrected chi connectivity index (χ2v) is 8.81. The van der Waals surface area contributed by atoms with Gasteiger partial charge < -0.3 is 9.47 Å². The number of benzene rings is 2. The molecule has 0 radical (unpaired) electrons. The third kappa shape index (κ3) is 5.12. The molecule has 1 saturated heterocycles. The summed E-state index contributed by atoms with van der Waals surface area (Å²) in [5.41, 5.74) is 1.06. The summed E-state index contributed by atoms with van der Waals surface area (Å²) in [6, 6.07) is 20.3. The minimum atomic E-state index is -0.227. The van der Waals surface area contributed by atoms with Crippen LogP contribution in [-0.2, 0) is 18.4 Å². The number of carbonyl (C=O) groups excluding carboxylic acids is 1. The number of amides is 1. The Bertz CT molecular complexity index is 944. The van der Waals surface area contributed by atoms with Crippen LogP contribution >= 0.6 is 11.8 Å². The highest BCUT2D eigenvalue weighted by atomic mass is 32.2. The van der Waals surface area contributed by atoms with Gasteiger partial charge in [-0.15, -0.1) is 11.8 Å². The van der Waals surface area contributed by atoms with E-state index < -0.39 is 0 Å². The van der Waals surface area contributed by atoms with Gasteiger partial charge >= 0.3 is 0 Å². The number of thioether (sulfide) groups is 1. The standard InChI is InChI=1S/C24H28N4OS/c1-26-16-13-25-22(26)19-27-14-8-15-28(18-17-27)24(29)23(20-9-4-2-5-10-20)30-21-11-6-3-7-12-21/h2-7,9-13,16,23H,8,14-15,17-19H2,1H3. The maximum absolute atomic E-state index is 13.6. The van der Waals surface area contributed by atoms with E-state index in [4.69, 9.17) is 0 Å². The van der Waals surface area contributed by atoms with Crippen molar-refractivity contribution in [2.24, 2.45) is 7.05 Å². The van der Waals surface area contributed by atoms with Gasteiger partial charge in [-0.25, -0.2) is 4.98 Å². The van der Waals surface area contributed by atoms with Crippen molar-refractivity contribution >= 4 is 17.7 Å². The fourth-order valence-corrected chi connectivity index (χ4v) is 4.92. The second-order valence-electron chi connectivity index (χ2n) is 7.63. The number of rotatable bonds is 6. The Morgan fingerprint density at radius 3 is 2.43 bits per heavy atom. The molecule has 1 fully saturated rings. The minimum Gasteiger partial charge on any atom is -0.340 e. The molecule has 1 aromatic heterocycles. The fourth-order valence-electron chi connectivity index (χ4n) is 3.79. The summed E-state index contributed by atoms with van der Waals surface area (Å²) in [5, 5.41) is -0.227. The van der Waals surface area contributed by atoms with Crippen LogP contribution in [0.25, 0.3) is 0 Å². The van der Waals surface area contributed by atoms with Crippen LogP contribution in [0, 0.1) is 0 Å². The van der Waals surface area contributed by atoms with Gasteiger partial charge in [-0.1, -0.05) is 48.5 Å². The van der Waals surface area contributed by atoms with Crippen LogP contribution in [-0.4, -0.2) is 51.4 Å². The highest BCUT2D eigenvalue weighted by Gasteiger charge is 2.28. The lowest BCUT2D eigenvalue weighted by molar-refractivity contribution is -0.130. The average Bonchev–Trinajstić information content (AvgIpc) is 3.04. The van der Waals surface area contributed by atoms with Gasteiger partial charge in [-0.3, -0.25) is 9.69 Å². The molecule has 2 heterocycles. The number of nitrogens with zero attached hydrogens (tertiary/aromatic N) is 4. The molecule has 3 aromatic rings. The molecule has 0 saturated carbocycles. The van der Waals surface area contributed by atoms with E-state index in [9.17, 15) is 4.79 Å². The molecule has 1 unspecified atom stereocenters. The second kappa shape index (κ2) is 9.96. The van der Waals surface area contributed by atoms with Crippen molar-refractivity contribution in [3.8, 4) is 0 Å². The Kier molecular flexibility index (Phi) is 6.87. The summed E-state index contributed by atoms with van der Waals surface area (Å²) in [6.07, 6.45) is 4.80. The first-order valence-corrected chi connectivity index (χ1v) is 11.3. The van der Waals surface area contributed by atoms with E-state index in [1.165, 1.54) is 0 Å². The largest absolute Gasteiger partial charge is 0.340 e. The lowest BCUT2D eigenvalue weighted by atomic mass is 10.1. The third-order valence-electron chi connectivity index (χ3n) is 5.51. The zero-order valence-corrected chi connectivity index (χ0v) is 18.2. The maximum atomic E-state index is 13.6. The molecule has 1 aliphatic rings. The first kappa shape index (κ1) is 20.7. The van der Waals surface area contributed by atoms with Crippen molar-refractivity contribution in [3.05, 3.63) is 84.4 Å². The predicted octanol–water partition coefficient (Wildman–Crippen LogP) is 3.99. The Balaban J connectivity index is 1.46. The summed E-state index contributed by atoms with van der Waals surface area (Å²) in [5.74, 6) is 1.27. The van der Waals surface area contributed by atoms with E-state index >= 15 is 0 Å². The van der Waals surface area contributed by atoms with Crippen LogP contribution in [0.3, 0.4) is 0 Å². The summed E-state index contributed by atoms with van der Waals surface area (Å²) in [6.45, 7) is 4.23. The van der Waals surface area contributed by atoms with Gasteiger partial charge in [-0.2, -0.15) is 0 Å². The van der Waals surface area contributed by atoms with Crippen molar-refractivity contribution in [1.29, 1.82) is 0 Å². The normalized spacial score (nSPS) is 16.2. The monoisotopic (exact) mass is 420 g/mol. The SMILES string of the molecule is Cn1ccnc1CN1CCCN(C(=O)C(Sc2ccccc2)c2ccccc2)CC1. The molecule has 1 aliphatic heterocycles. The van der Waals surface area contributed by atoms with Gasteiger partial charge in [-0.05, 0) is 24.1 Å². The first-order valence-electron chi connectivity index (χ1n) is 10.4. The lowest BCUT2D eigenvalue weighted by Gasteiger charge is -2.26. The molecule has 5 nitrogen and oxygen atoms in total. The van der Waals surface area contributed by atoms with Gasteiger partial charge in [0.2, 0.25) is 5.91 Å². The Morgan fingerprint density at radius 2 is 1.73 bits per heavy atom. The molecule has 30 heavy (non-hydrogen) atoms. The molecule has 0 spiro atoms. The van der Waals surface area contributed by atoms with Crippen LogP contribution in [0.2, 0.25) is 0 Å².